The smallest absolute Gasteiger partial charge is 0.340 e. The SMILES string of the molecule is CCOC(=O)C(OCC)c1c(F)cc(Oc2cccc(OC)c2)cc1F. The average Bonchev–Trinajstić information content (AvgIpc) is 2.60. The van der Waals surface area contributed by atoms with Crippen LogP contribution in [0.15, 0.2) is 36.4 Å². The van der Waals surface area contributed by atoms with Crippen LogP contribution in [0.4, 0.5) is 8.78 Å². The van der Waals surface area contributed by atoms with Crippen molar-refractivity contribution >= 4 is 5.97 Å². The van der Waals surface area contributed by atoms with Crippen LogP contribution in [0.2, 0.25) is 0 Å². The van der Waals surface area contributed by atoms with E-state index in [-0.39, 0.29) is 19.0 Å². The van der Waals surface area contributed by atoms with Gasteiger partial charge in [-0.2, -0.15) is 0 Å². The van der Waals surface area contributed by atoms with Gasteiger partial charge in [-0.25, -0.2) is 13.6 Å². The van der Waals surface area contributed by atoms with E-state index >= 15 is 0 Å². The van der Waals surface area contributed by atoms with Gasteiger partial charge < -0.3 is 18.9 Å². The van der Waals surface area contributed by atoms with Gasteiger partial charge in [-0.05, 0) is 26.0 Å². The predicted molar refractivity (Wildman–Crippen MR) is 90.4 cm³/mol. The van der Waals surface area contributed by atoms with Crippen molar-refractivity contribution in [2.75, 3.05) is 20.3 Å². The van der Waals surface area contributed by atoms with E-state index in [4.69, 9.17) is 18.9 Å². The highest BCUT2D eigenvalue weighted by Crippen LogP contribution is 2.32. The highest BCUT2D eigenvalue weighted by atomic mass is 19.1. The molecule has 26 heavy (non-hydrogen) atoms. The van der Waals surface area contributed by atoms with E-state index in [0.717, 1.165) is 12.1 Å². The first kappa shape index (κ1) is 19.7. The minimum absolute atomic E-state index is 0.0592. The van der Waals surface area contributed by atoms with Crippen LogP contribution >= 0.6 is 0 Å². The first-order chi connectivity index (χ1) is 12.5. The molecular formula is C19H20F2O5. The summed E-state index contributed by atoms with van der Waals surface area (Å²) in [5.74, 6) is -1.95. The molecule has 5 nitrogen and oxygen atoms in total. The Morgan fingerprint density at radius 1 is 1.00 bits per heavy atom. The number of esters is 1. The van der Waals surface area contributed by atoms with Crippen LogP contribution in [-0.4, -0.2) is 26.3 Å². The number of hydrogen-bond donors (Lipinski definition) is 0. The number of halogens is 2. The summed E-state index contributed by atoms with van der Waals surface area (Å²) in [6.07, 6.45) is -1.48. The molecule has 0 aliphatic rings. The van der Waals surface area contributed by atoms with Gasteiger partial charge >= 0.3 is 5.97 Å². The second-order valence-corrected chi connectivity index (χ2v) is 5.17. The molecule has 0 aromatic heterocycles. The van der Waals surface area contributed by atoms with Crippen molar-refractivity contribution in [2.45, 2.75) is 20.0 Å². The van der Waals surface area contributed by atoms with Gasteiger partial charge in [0.25, 0.3) is 0 Å². The Morgan fingerprint density at radius 2 is 1.65 bits per heavy atom. The van der Waals surface area contributed by atoms with E-state index in [2.05, 4.69) is 0 Å². The summed E-state index contributed by atoms with van der Waals surface area (Å²) in [7, 11) is 1.50. The number of benzene rings is 2. The topological polar surface area (TPSA) is 54.0 Å². The van der Waals surface area contributed by atoms with Crippen molar-refractivity contribution in [3.63, 3.8) is 0 Å². The maximum atomic E-state index is 14.5. The van der Waals surface area contributed by atoms with Crippen LogP contribution in [0.3, 0.4) is 0 Å². The standard InChI is InChI=1S/C19H20F2O5/c1-4-24-18(19(22)25-5-2)17-15(20)10-14(11-16(17)21)26-13-8-6-7-12(9-13)23-3/h6-11,18H,4-5H2,1-3H3. The molecule has 2 aromatic rings. The molecule has 0 N–H and O–H groups in total. The number of hydrogen-bond acceptors (Lipinski definition) is 5. The first-order valence-corrected chi connectivity index (χ1v) is 8.09. The minimum atomic E-state index is -1.48. The lowest BCUT2D eigenvalue weighted by Crippen LogP contribution is -2.21. The number of carbonyl (C=O) groups excluding carboxylic acids is 1. The van der Waals surface area contributed by atoms with E-state index in [1.54, 1.807) is 38.1 Å². The third-order valence-corrected chi connectivity index (χ3v) is 3.43. The monoisotopic (exact) mass is 366 g/mol. The van der Waals surface area contributed by atoms with Crippen molar-refractivity contribution in [2.24, 2.45) is 0 Å². The van der Waals surface area contributed by atoms with Crippen molar-refractivity contribution in [3.8, 4) is 17.2 Å². The molecule has 0 saturated carbocycles. The van der Waals surface area contributed by atoms with Gasteiger partial charge in [0.05, 0.1) is 19.3 Å². The van der Waals surface area contributed by atoms with Gasteiger partial charge in [0.2, 0.25) is 0 Å². The molecule has 0 radical (unpaired) electrons. The lowest BCUT2D eigenvalue weighted by Gasteiger charge is -2.18. The summed E-state index contributed by atoms with van der Waals surface area (Å²) in [5.41, 5.74) is -0.511. The summed E-state index contributed by atoms with van der Waals surface area (Å²) in [5, 5.41) is 0. The fourth-order valence-electron chi connectivity index (χ4n) is 2.33. The largest absolute Gasteiger partial charge is 0.497 e. The lowest BCUT2D eigenvalue weighted by molar-refractivity contribution is -0.157. The molecule has 7 heteroatoms. The lowest BCUT2D eigenvalue weighted by atomic mass is 10.1. The number of rotatable bonds is 8. The van der Waals surface area contributed by atoms with Crippen LogP contribution < -0.4 is 9.47 Å². The van der Waals surface area contributed by atoms with E-state index in [1.165, 1.54) is 7.11 Å². The Morgan fingerprint density at radius 3 is 2.23 bits per heavy atom. The van der Waals surface area contributed by atoms with Gasteiger partial charge in [0, 0.05) is 24.8 Å². The Balaban J connectivity index is 2.32. The maximum absolute atomic E-state index is 14.5. The summed E-state index contributed by atoms with van der Waals surface area (Å²) in [6.45, 7) is 3.37. The first-order valence-electron chi connectivity index (χ1n) is 8.09. The second-order valence-electron chi connectivity index (χ2n) is 5.17. The molecular weight excluding hydrogens is 346 g/mol. The van der Waals surface area contributed by atoms with Crippen molar-refractivity contribution in [1.29, 1.82) is 0 Å². The number of carbonyl (C=O) groups is 1. The molecule has 0 bridgehead atoms. The molecule has 0 heterocycles. The number of methoxy groups -OCH3 is 1. The Bertz CT molecular complexity index is 740. The zero-order chi connectivity index (χ0) is 19.1. The van der Waals surface area contributed by atoms with Gasteiger partial charge in [0.15, 0.2) is 6.10 Å². The average molecular weight is 366 g/mol. The predicted octanol–water partition coefficient (Wildman–Crippen LogP) is 4.41. The zero-order valence-electron chi connectivity index (χ0n) is 14.8. The van der Waals surface area contributed by atoms with E-state index in [9.17, 15) is 13.6 Å². The highest BCUT2D eigenvalue weighted by Gasteiger charge is 2.29. The molecule has 0 aliphatic heterocycles. The molecule has 0 fully saturated rings. The van der Waals surface area contributed by atoms with Gasteiger partial charge in [-0.15, -0.1) is 0 Å². The fourth-order valence-corrected chi connectivity index (χ4v) is 2.33. The normalized spacial score (nSPS) is 11.7. The minimum Gasteiger partial charge on any atom is -0.497 e. The summed E-state index contributed by atoms with van der Waals surface area (Å²) < 4.78 is 49.6. The number of ether oxygens (including phenoxy) is 4. The summed E-state index contributed by atoms with van der Waals surface area (Å²) in [4.78, 5) is 12.0. The van der Waals surface area contributed by atoms with Crippen molar-refractivity contribution in [1.82, 2.24) is 0 Å². The molecule has 1 unspecified atom stereocenters. The van der Waals surface area contributed by atoms with E-state index in [0.29, 0.717) is 11.5 Å². The summed E-state index contributed by atoms with van der Waals surface area (Å²) >= 11 is 0. The van der Waals surface area contributed by atoms with E-state index in [1.807, 2.05) is 0 Å². The molecule has 1 atom stereocenters. The quantitative estimate of drug-likeness (QED) is 0.648. The van der Waals surface area contributed by atoms with Crippen LogP contribution in [-0.2, 0) is 14.3 Å². The highest BCUT2D eigenvalue weighted by molar-refractivity contribution is 5.76. The molecule has 2 rings (SSSR count). The van der Waals surface area contributed by atoms with Crippen LogP contribution in [0.1, 0.15) is 25.5 Å². The van der Waals surface area contributed by atoms with Gasteiger partial charge in [-0.1, -0.05) is 6.07 Å². The van der Waals surface area contributed by atoms with Crippen LogP contribution in [0, 0.1) is 11.6 Å². The molecule has 0 amide bonds. The second kappa shape index (κ2) is 9.15. The van der Waals surface area contributed by atoms with Gasteiger partial charge in [0.1, 0.15) is 28.9 Å². The third kappa shape index (κ3) is 4.70. The molecule has 0 aliphatic carbocycles. The van der Waals surface area contributed by atoms with E-state index < -0.39 is 29.3 Å². The molecule has 0 spiro atoms. The fraction of sp³-hybridized carbons (Fsp3) is 0.316. The summed E-state index contributed by atoms with van der Waals surface area (Å²) in [6, 6.07) is 8.57. The van der Waals surface area contributed by atoms with Gasteiger partial charge in [-0.3, -0.25) is 0 Å². The maximum Gasteiger partial charge on any atom is 0.340 e. The molecule has 2 aromatic carbocycles. The Hall–Kier alpha value is -2.67. The Labute approximate surface area is 150 Å². The van der Waals surface area contributed by atoms with Crippen molar-refractivity contribution < 1.29 is 32.5 Å². The van der Waals surface area contributed by atoms with Crippen LogP contribution in [0.5, 0.6) is 17.2 Å². The Kier molecular flexibility index (Phi) is 6.91. The zero-order valence-corrected chi connectivity index (χ0v) is 14.8. The molecule has 140 valence electrons. The molecule has 0 saturated heterocycles. The third-order valence-electron chi connectivity index (χ3n) is 3.43. The van der Waals surface area contributed by atoms with Crippen LogP contribution in [0.25, 0.3) is 0 Å². The van der Waals surface area contributed by atoms with Crippen molar-refractivity contribution in [3.05, 3.63) is 53.6 Å².